The molecule has 26 heavy (non-hydrogen) atoms. The first-order chi connectivity index (χ1) is 12.4. The van der Waals surface area contributed by atoms with Crippen LogP contribution in [0.3, 0.4) is 0 Å². The van der Waals surface area contributed by atoms with Crippen LogP contribution in [0.25, 0.3) is 11.1 Å². The molecular formula is C19H22F2N2O2S. The van der Waals surface area contributed by atoms with Crippen LogP contribution in [0.15, 0.2) is 47.4 Å². The van der Waals surface area contributed by atoms with Crippen LogP contribution >= 0.6 is 0 Å². The van der Waals surface area contributed by atoms with E-state index >= 15 is 0 Å². The summed E-state index contributed by atoms with van der Waals surface area (Å²) >= 11 is 0. The molecule has 0 radical (unpaired) electrons. The van der Waals surface area contributed by atoms with Crippen molar-refractivity contribution in [3.8, 4) is 11.1 Å². The van der Waals surface area contributed by atoms with Gasteiger partial charge < -0.3 is 5.32 Å². The summed E-state index contributed by atoms with van der Waals surface area (Å²) in [6.45, 7) is 0.885. The van der Waals surface area contributed by atoms with Crippen molar-refractivity contribution in [2.45, 2.75) is 30.2 Å². The molecule has 0 amide bonds. The smallest absolute Gasteiger partial charge is 0.240 e. The van der Waals surface area contributed by atoms with Crippen molar-refractivity contribution in [2.24, 2.45) is 5.92 Å². The van der Waals surface area contributed by atoms with Crippen LogP contribution in [0.2, 0.25) is 0 Å². The molecule has 0 saturated heterocycles. The minimum absolute atomic E-state index is 0.0624. The predicted octanol–water partition coefficient (Wildman–Crippen LogP) is 3.30. The van der Waals surface area contributed by atoms with Gasteiger partial charge in [0.1, 0.15) is 11.6 Å². The number of rotatable bonds is 6. The highest BCUT2D eigenvalue weighted by Gasteiger charge is 2.28. The normalized spacial score (nSPS) is 20.4. The van der Waals surface area contributed by atoms with Gasteiger partial charge in [-0.25, -0.2) is 21.9 Å². The monoisotopic (exact) mass is 380 g/mol. The van der Waals surface area contributed by atoms with E-state index in [2.05, 4.69) is 10.0 Å². The third kappa shape index (κ3) is 4.28. The van der Waals surface area contributed by atoms with Gasteiger partial charge in [-0.1, -0.05) is 12.1 Å². The molecule has 0 spiro atoms. The molecule has 2 N–H and O–H groups in total. The van der Waals surface area contributed by atoms with E-state index in [4.69, 9.17) is 0 Å². The summed E-state index contributed by atoms with van der Waals surface area (Å²) < 4.78 is 54.8. The first-order valence-electron chi connectivity index (χ1n) is 8.61. The standard InChI is InChI=1S/C19H22F2N2O2S/c1-22-12-13-2-6-16(10-13)23-26(24,25)17-7-3-14(4-8-17)18-9-5-15(20)11-19(18)21/h3-5,7-9,11,13,16,22-23H,2,6,10,12H2,1H3/t13-,16+/m1/s1. The van der Waals surface area contributed by atoms with Crippen molar-refractivity contribution >= 4 is 10.0 Å². The summed E-state index contributed by atoms with van der Waals surface area (Å²) in [7, 11) is -1.73. The van der Waals surface area contributed by atoms with Gasteiger partial charge in [0.25, 0.3) is 0 Å². The number of halogens is 2. The van der Waals surface area contributed by atoms with Crippen molar-refractivity contribution < 1.29 is 17.2 Å². The van der Waals surface area contributed by atoms with Crippen LogP contribution in [0.5, 0.6) is 0 Å². The maximum absolute atomic E-state index is 13.9. The molecule has 1 aliphatic carbocycles. The fraction of sp³-hybridized carbons (Fsp3) is 0.368. The molecule has 3 rings (SSSR count). The minimum atomic E-state index is -3.62. The highest BCUT2D eigenvalue weighted by molar-refractivity contribution is 7.89. The predicted molar refractivity (Wildman–Crippen MR) is 97.2 cm³/mol. The van der Waals surface area contributed by atoms with E-state index in [1.165, 1.54) is 36.4 Å². The summed E-state index contributed by atoms with van der Waals surface area (Å²) in [5, 5.41) is 3.12. The first kappa shape index (κ1) is 18.9. The molecule has 1 fully saturated rings. The van der Waals surface area contributed by atoms with Crippen LogP contribution in [-0.4, -0.2) is 28.1 Å². The SMILES string of the molecule is CNC[C@@H]1CC[C@H](NS(=O)(=O)c2ccc(-c3ccc(F)cc3F)cc2)C1. The topological polar surface area (TPSA) is 58.2 Å². The van der Waals surface area contributed by atoms with Gasteiger partial charge in [0.2, 0.25) is 10.0 Å². The van der Waals surface area contributed by atoms with Crippen LogP contribution in [0, 0.1) is 17.6 Å². The molecule has 1 aliphatic rings. The van der Waals surface area contributed by atoms with Gasteiger partial charge in [0, 0.05) is 17.7 Å². The molecule has 2 atom stereocenters. The van der Waals surface area contributed by atoms with Gasteiger partial charge in [0.05, 0.1) is 4.90 Å². The number of hydrogen-bond acceptors (Lipinski definition) is 3. The lowest BCUT2D eigenvalue weighted by Crippen LogP contribution is -2.33. The third-order valence-electron chi connectivity index (χ3n) is 4.76. The van der Waals surface area contributed by atoms with E-state index < -0.39 is 21.7 Å². The Morgan fingerprint density at radius 1 is 1.08 bits per heavy atom. The maximum Gasteiger partial charge on any atom is 0.240 e. The van der Waals surface area contributed by atoms with Crippen LogP contribution in [-0.2, 0) is 10.0 Å². The summed E-state index contributed by atoms with van der Waals surface area (Å²) in [5.74, 6) is -0.848. The summed E-state index contributed by atoms with van der Waals surface area (Å²) in [6, 6.07) is 9.21. The average Bonchev–Trinajstić information content (AvgIpc) is 3.02. The molecule has 4 nitrogen and oxygen atoms in total. The van der Waals surface area contributed by atoms with Crippen molar-refractivity contribution in [1.29, 1.82) is 0 Å². The van der Waals surface area contributed by atoms with Crippen LogP contribution < -0.4 is 10.0 Å². The molecule has 0 unspecified atom stereocenters. The largest absolute Gasteiger partial charge is 0.319 e. The quantitative estimate of drug-likeness (QED) is 0.809. The zero-order valence-electron chi connectivity index (χ0n) is 14.5. The Kier molecular flexibility index (Phi) is 5.70. The number of hydrogen-bond donors (Lipinski definition) is 2. The Labute approximate surface area is 152 Å². The Hall–Kier alpha value is -1.83. The summed E-state index contributed by atoms with van der Waals surface area (Å²) in [4.78, 5) is 0.140. The Morgan fingerprint density at radius 2 is 1.81 bits per heavy atom. The number of nitrogens with one attached hydrogen (secondary N) is 2. The fourth-order valence-electron chi connectivity index (χ4n) is 3.48. The van der Waals surface area contributed by atoms with Crippen molar-refractivity contribution in [2.75, 3.05) is 13.6 Å². The molecule has 2 aromatic carbocycles. The van der Waals surface area contributed by atoms with E-state index in [0.29, 0.717) is 11.5 Å². The lowest BCUT2D eigenvalue weighted by molar-refractivity contribution is 0.495. The molecule has 0 aliphatic heterocycles. The molecule has 2 aromatic rings. The molecule has 1 saturated carbocycles. The Balaban J connectivity index is 1.73. The van der Waals surface area contributed by atoms with Gasteiger partial charge in [0.15, 0.2) is 0 Å². The lowest BCUT2D eigenvalue weighted by atomic mass is 10.1. The average molecular weight is 380 g/mol. The van der Waals surface area contributed by atoms with Gasteiger partial charge in [-0.05, 0) is 68.6 Å². The molecule has 0 heterocycles. The fourth-order valence-corrected chi connectivity index (χ4v) is 4.76. The third-order valence-corrected chi connectivity index (χ3v) is 6.30. The molecule has 140 valence electrons. The van der Waals surface area contributed by atoms with E-state index in [1.807, 2.05) is 7.05 Å². The first-order valence-corrected chi connectivity index (χ1v) is 10.1. The zero-order chi connectivity index (χ0) is 18.7. The van der Waals surface area contributed by atoms with Crippen molar-refractivity contribution in [3.05, 3.63) is 54.1 Å². The van der Waals surface area contributed by atoms with Gasteiger partial charge >= 0.3 is 0 Å². The molecule has 0 bridgehead atoms. The second-order valence-electron chi connectivity index (χ2n) is 6.70. The molecule has 0 aromatic heterocycles. The van der Waals surface area contributed by atoms with Gasteiger partial charge in [-0.3, -0.25) is 0 Å². The van der Waals surface area contributed by atoms with Gasteiger partial charge in [-0.15, -0.1) is 0 Å². The van der Waals surface area contributed by atoms with E-state index in [1.54, 1.807) is 0 Å². The maximum atomic E-state index is 13.9. The lowest BCUT2D eigenvalue weighted by Gasteiger charge is -2.14. The minimum Gasteiger partial charge on any atom is -0.319 e. The summed E-state index contributed by atoms with van der Waals surface area (Å²) in [6.07, 6.45) is 2.64. The molecular weight excluding hydrogens is 358 g/mol. The van der Waals surface area contributed by atoms with Crippen molar-refractivity contribution in [3.63, 3.8) is 0 Å². The van der Waals surface area contributed by atoms with Crippen LogP contribution in [0.1, 0.15) is 19.3 Å². The van der Waals surface area contributed by atoms with E-state index in [0.717, 1.165) is 31.9 Å². The zero-order valence-corrected chi connectivity index (χ0v) is 15.3. The molecule has 7 heteroatoms. The highest BCUT2D eigenvalue weighted by atomic mass is 32.2. The van der Waals surface area contributed by atoms with E-state index in [-0.39, 0.29) is 16.5 Å². The van der Waals surface area contributed by atoms with Gasteiger partial charge in [-0.2, -0.15) is 0 Å². The highest BCUT2D eigenvalue weighted by Crippen LogP contribution is 2.28. The number of sulfonamides is 1. The second-order valence-corrected chi connectivity index (χ2v) is 8.42. The van der Waals surface area contributed by atoms with Crippen LogP contribution in [0.4, 0.5) is 8.78 Å². The number of benzene rings is 2. The van der Waals surface area contributed by atoms with E-state index in [9.17, 15) is 17.2 Å². The Morgan fingerprint density at radius 3 is 2.46 bits per heavy atom. The Bertz CT molecular complexity index is 870. The second kappa shape index (κ2) is 7.82. The van der Waals surface area contributed by atoms with Crippen molar-refractivity contribution in [1.82, 2.24) is 10.0 Å². The summed E-state index contributed by atoms with van der Waals surface area (Å²) in [5.41, 5.74) is 0.727.